The van der Waals surface area contributed by atoms with Crippen molar-refractivity contribution in [3.63, 3.8) is 0 Å². The normalized spacial score (nSPS) is 22.3. The van der Waals surface area contributed by atoms with Crippen molar-refractivity contribution in [3.05, 3.63) is 39.4 Å². The molecule has 0 radical (unpaired) electrons. The number of rotatable bonds is 5. The Hall–Kier alpha value is -2.23. The van der Waals surface area contributed by atoms with Gasteiger partial charge in [-0.2, -0.15) is 0 Å². The Morgan fingerprint density at radius 3 is 2.62 bits per heavy atom. The van der Waals surface area contributed by atoms with Crippen molar-refractivity contribution in [2.45, 2.75) is 44.9 Å². The maximum atomic E-state index is 12.7. The Labute approximate surface area is 173 Å². The molecule has 0 aliphatic carbocycles. The molecule has 2 saturated heterocycles. The minimum absolute atomic E-state index is 0.0904. The molecule has 0 unspecified atom stereocenters. The molecule has 8 nitrogen and oxygen atoms in total. The zero-order chi connectivity index (χ0) is 20.4. The number of hydrogen-bond acceptors (Lipinski definition) is 7. The zero-order valence-corrected chi connectivity index (χ0v) is 17.4. The predicted octanol–water partition coefficient (Wildman–Crippen LogP) is 1.57. The number of nitrogens with zero attached hydrogens (tertiary/aromatic N) is 2. The number of carbonyl (C=O) groups is 2. The molecule has 0 bridgehead atoms. The third-order valence-corrected chi connectivity index (χ3v) is 6.20. The van der Waals surface area contributed by atoms with Gasteiger partial charge in [0.1, 0.15) is 23.5 Å². The molecular formula is C20H25N3O5S. The van der Waals surface area contributed by atoms with Crippen LogP contribution in [0.25, 0.3) is 0 Å². The van der Waals surface area contributed by atoms with E-state index in [0.29, 0.717) is 56.2 Å². The standard InChI is InChI=1S/C20H25N3O5S/c1-3-15-19(12(2)28-22-15)20(25)21-13-10-26-16-8-23(9-17(16)27-11-13)18(24)7-14-5-4-6-29-14/h4-6,13,16-17H,3,7-11H2,1-2H3,(H,21,25)/t16-,17-/m0/s1. The Bertz CT molecular complexity index is 850. The molecule has 2 fully saturated rings. The summed E-state index contributed by atoms with van der Waals surface area (Å²) in [5.74, 6) is 0.372. The maximum Gasteiger partial charge on any atom is 0.257 e. The third-order valence-electron chi connectivity index (χ3n) is 5.33. The van der Waals surface area contributed by atoms with E-state index in [1.807, 2.05) is 29.3 Å². The minimum atomic E-state index is -0.262. The van der Waals surface area contributed by atoms with E-state index in [4.69, 9.17) is 14.0 Å². The molecule has 9 heteroatoms. The molecule has 2 amide bonds. The number of thiophene rings is 1. The highest BCUT2D eigenvalue weighted by molar-refractivity contribution is 7.10. The summed E-state index contributed by atoms with van der Waals surface area (Å²) < 4.78 is 17.1. The van der Waals surface area contributed by atoms with Crippen LogP contribution in [-0.4, -0.2) is 66.4 Å². The van der Waals surface area contributed by atoms with Gasteiger partial charge in [0.15, 0.2) is 0 Å². The second-order valence-electron chi connectivity index (χ2n) is 7.38. The summed E-state index contributed by atoms with van der Waals surface area (Å²) in [5, 5.41) is 8.87. The molecule has 1 N–H and O–H groups in total. The van der Waals surface area contributed by atoms with E-state index in [9.17, 15) is 9.59 Å². The maximum absolute atomic E-state index is 12.7. The fourth-order valence-corrected chi connectivity index (χ4v) is 4.46. The third kappa shape index (κ3) is 4.36. The summed E-state index contributed by atoms with van der Waals surface area (Å²) in [6.07, 6.45) is 0.686. The van der Waals surface area contributed by atoms with Crippen LogP contribution in [-0.2, 0) is 27.1 Å². The Balaban J connectivity index is 1.31. The van der Waals surface area contributed by atoms with Crippen molar-refractivity contribution in [2.75, 3.05) is 26.3 Å². The van der Waals surface area contributed by atoms with Gasteiger partial charge in [0.05, 0.1) is 31.4 Å². The molecule has 4 rings (SSSR count). The summed E-state index contributed by atoms with van der Waals surface area (Å²) in [4.78, 5) is 28.0. The number of carbonyl (C=O) groups excluding carboxylic acids is 2. The lowest BCUT2D eigenvalue weighted by Crippen LogP contribution is -2.42. The summed E-state index contributed by atoms with van der Waals surface area (Å²) in [6, 6.07) is 3.66. The predicted molar refractivity (Wildman–Crippen MR) is 106 cm³/mol. The molecule has 2 aliphatic heterocycles. The van der Waals surface area contributed by atoms with Crippen LogP contribution in [0.4, 0.5) is 0 Å². The van der Waals surface area contributed by atoms with E-state index >= 15 is 0 Å². The molecule has 2 aromatic heterocycles. The molecule has 0 aromatic carbocycles. The number of fused-ring (bicyclic) bond motifs is 1. The van der Waals surface area contributed by atoms with Crippen molar-refractivity contribution in [3.8, 4) is 0 Å². The quantitative estimate of drug-likeness (QED) is 0.791. The Kier molecular flexibility index (Phi) is 5.98. The minimum Gasteiger partial charge on any atom is -0.371 e. The lowest BCUT2D eigenvalue weighted by Gasteiger charge is -2.19. The van der Waals surface area contributed by atoms with E-state index in [1.165, 1.54) is 0 Å². The van der Waals surface area contributed by atoms with Gasteiger partial charge in [-0.25, -0.2) is 0 Å². The molecule has 0 saturated carbocycles. The first-order valence-corrected chi connectivity index (χ1v) is 10.7. The van der Waals surface area contributed by atoms with Crippen LogP contribution in [0.5, 0.6) is 0 Å². The second kappa shape index (κ2) is 8.64. The first-order chi connectivity index (χ1) is 14.0. The Morgan fingerprint density at radius 1 is 1.28 bits per heavy atom. The summed E-state index contributed by atoms with van der Waals surface area (Å²) in [7, 11) is 0. The first-order valence-electron chi connectivity index (χ1n) is 9.84. The van der Waals surface area contributed by atoms with Gasteiger partial charge in [0.25, 0.3) is 5.91 Å². The van der Waals surface area contributed by atoms with Crippen LogP contribution in [0.3, 0.4) is 0 Å². The van der Waals surface area contributed by atoms with E-state index in [0.717, 1.165) is 4.88 Å². The summed E-state index contributed by atoms with van der Waals surface area (Å²) >= 11 is 1.59. The first kappa shape index (κ1) is 20.1. The van der Waals surface area contributed by atoms with Crippen molar-refractivity contribution in [1.29, 1.82) is 0 Å². The second-order valence-corrected chi connectivity index (χ2v) is 8.42. The van der Waals surface area contributed by atoms with Crippen LogP contribution in [0, 0.1) is 6.92 Å². The molecule has 2 atom stereocenters. The van der Waals surface area contributed by atoms with Crippen LogP contribution < -0.4 is 5.32 Å². The van der Waals surface area contributed by atoms with E-state index in [-0.39, 0.29) is 30.1 Å². The largest absolute Gasteiger partial charge is 0.371 e. The van der Waals surface area contributed by atoms with Crippen molar-refractivity contribution < 1.29 is 23.6 Å². The Morgan fingerprint density at radius 2 is 2.00 bits per heavy atom. The average Bonchev–Trinajstić information content (AvgIpc) is 3.41. The zero-order valence-electron chi connectivity index (χ0n) is 16.6. The number of nitrogens with one attached hydrogen (secondary N) is 1. The number of aromatic nitrogens is 1. The fourth-order valence-electron chi connectivity index (χ4n) is 3.76. The van der Waals surface area contributed by atoms with E-state index in [2.05, 4.69) is 10.5 Å². The summed E-state index contributed by atoms with van der Waals surface area (Å²) in [6.45, 7) is 5.36. The number of likely N-dealkylation sites (tertiary alicyclic amines) is 1. The fraction of sp³-hybridized carbons (Fsp3) is 0.550. The number of hydrogen-bond donors (Lipinski definition) is 1. The average molecular weight is 420 g/mol. The van der Waals surface area contributed by atoms with Gasteiger partial charge in [-0.3, -0.25) is 9.59 Å². The molecule has 29 heavy (non-hydrogen) atoms. The lowest BCUT2D eigenvalue weighted by atomic mass is 10.1. The number of aryl methyl sites for hydroxylation is 2. The van der Waals surface area contributed by atoms with Crippen molar-refractivity contribution in [2.24, 2.45) is 0 Å². The van der Waals surface area contributed by atoms with Gasteiger partial charge in [-0.1, -0.05) is 18.1 Å². The molecule has 4 heterocycles. The van der Waals surface area contributed by atoms with Crippen LogP contribution in [0.1, 0.15) is 33.6 Å². The molecule has 0 spiro atoms. The van der Waals surface area contributed by atoms with Gasteiger partial charge in [0.2, 0.25) is 5.91 Å². The van der Waals surface area contributed by atoms with Crippen molar-refractivity contribution in [1.82, 2.24) is 15.4 Å². The highest BCUT2D eigenvalue weighted by Gasteiger charge is 2.39. The van der Waals surface area contributed by atoms with E-state index in [1.54, 1.807) is 18.3 Å². The van der Waals surface area contributed by atoms with E-state index < -0.39 is 0 Å². The smallest absolute Gasteiger partial charge is 0.257 e. The van der Waals surface area contributed by atoms with Gasteiger partial charge >= 0.3 is 0 Å². The van der Waals surface area contributed by atoms with Crippen LogP contribution >= 0.6 is 11.3 Å². The monoisotopic (exact) mass is 419 g/mol. The van der Waals surface area contributed by atoms with Gasteiger partial charge in [-0.15, -0.1) is 11.3 Å². The number of amides is 2. The highest BCUT2D eigenvalue weighted by Crippen LogP contribution is 2.22. The van der Waals surface area contributed by atoms with Crippen molar-refractivity contribution >= 4 is 23.2 Å². The molecular weight excluding hydrogens is 394 g/mol. The molecule has 2 aliphatic rings. The topological polar surface area (TPSA) is 93.9 Å². The van der Waals surface area contributed by atoms with Gasteiger partial charge < -0.3 is 24.2 Å². The SMILES string of the molecule is CCc1noc(C)c1C(=O)NC1CO[C@H]2CN(C(=O)Cc3cccs3)C[C@@H]2OC1. The van der Waals surface area contributed by atoms with Crippen LogP contribution in [0.15, 0.2) is 22.0 Å². The summed E-state index contributed by atoms with van der Waals surface area (Å²) in [5.41, 5.74) is 1.13. The van der Waals surface area contributed by atoms with Gasteiger partial charge in [-0.05, 0) is 24.8 Å². The highest BCUT2D eigenvalue weighted by atomic mass is 32.1. The number of ether oxygens (including phenoxy) is 2. The van der Waals surface area contributed by atoms with Crippen LogP contribution in [0.2, 0.25) is 0 Å². The lowest BCUT2D eigenvalue weighted by molar-refractivity contribution is -0.130. The molecule has 2 aromatic rings. The van der Waals surface area contributed by atoms with Gasteiger partial charge in [0, 0.05) is 18.0 Å². The molecule has 156 valence electrons.